The van der Waals surface area contributed by atoms with Crippen molar-refractivity contribution >= 4 is 5.82 Å². The summed E-state index contributed by atoms with van der Waals surface area (Å²) in [4.78, 5) is 11.4. The van der Waals surface area contributed by atoms with Crippen LogP contribution in [0.5, 0.6) is 0 Å². The summed E-state index contributed by atoms with van der Waals surface area (Å²) < 4.78 is 1.95. The molecule has 6 heteroatoms. The third-order valence-electron chi connectivity index (χ3n) is 4.82. The largest absolute Gasteiger partial charge is 0.354 e. The first kappa shape index (κ1) is 16.7. The molecule has 0 radical (unpaired) electrons. The van der Waals surface area contributed by atoms with Crippen LogP contribution < -0.4 is 10.6 Å². The fourth-order valence-electron chi connectivity index (χ4n) is 3.53. The van der Waals surface area contributed by atoms with Gasteiger partial charge in [0.25, 0.3) is 0 Å². The maximum atomic E-state index is 6.10. The third-order valence-corrected chi connectivity index (χ3v) is 4.82. The minimum Gasteiger partial charge on any atom is -0.354 e. The molecular weight excluding hydrogens is 324 g/mol. The summed E-state index contributed by atoms with van der Waals surface area (Å²) in [5.74, 6) is 0.903. The van der Waals surface area contributed by atoms with Gasteiger partial charge in [-0.15, -0.1) is 0 Å². The topological polar surface area (TPSA) is 72.9 Å². The summed E-state index contributed by atoms with van der Waals surface area (Å²) in [6.45, 7) is 5.90. The SMILES string of the molecule is Cc1cc(C)n(-c2ccc(-c3cncc(N4CCCC(N)C4)n3)cc2)n1. The smallest absolute Gasteiger partial charge is 0.147 e. The lowest BCUT2D eigenvalue weighted by Crippen LogP contribution is -2.43. The summed E-state index contributed by atoms with van der Waals surface area (Å²) in [6.07, 6.45) is 5.82. The minimum absolute atomic E-state index is 0.217. The quantitative estimate of drug-likeness (QED) is 0.788. The second-order valence-corrected chi connectivity index (χ2v) is 7.00. The van der Waals surface area contributed by atoms with Crippen LogP contribution in [0, 0.1) is 13.8 Å². The van der Waals surface area contributed by atoms with Crippen molar-refractivity contribution in [3.63, 3.8) is 0 Å². The Bertz CT molecular complexity index is 899. The molecule has 1 aromatic carbocycles. The fraction of sp³-hybridized carbons (Fsp3) is 0.350. The van der Waals surface area contributed by atoms with Gasteiger partial charge in [-0.2, -0.15) is 5.10 Å². The highest BCUT2D eigenvalue weighted by Gasteiger charge is 2.18. The predicted octanol–water partition coefficient (Wildman–Crippen LogP) is 2.87. The van der Waals surface area contributed by atoms with E-state index in [4.69, 9.17) is 10.7 Å². The average molecular weight is 348 g/mol. The molecule has 1 atom stereocenters. The van der Waals surface area contributed by atoms with Gasteiger partial charge in [0.2, 0.25) is 0 Å². The van der Waals surface area contributed by atoms with Gasteiger partial charge in [0.05, 0.1) is 29.5 Å². The molecule has 0 amide bonds. The summed E-state index contributed by atoms with van der Waals surface area (Å²) >= 11 is 0. The van der Waals surface area contributed by atoms with E-state index in [-0.39, 0.29) is 6.04 Å². The Morgan fingerprint density at radius 3 is 2.62 bits per heavy atom. The number of aromatic nitrogens is 4. The molecular formula is C20H24N6. The first-order chi connectivity index (χ1) is 12.6. The van der Waals surface area contributed by atoms with Gasteiger partial charge in [-0.25, -0.2) is 9.67 Å². The highest BCUT2D eigenvalue weighted by atomic mass is 15.3. The van der Waals surface area contributed by atoms with Crippen LogP contribution in [0.3, 0.4) is 0 Å². The first-order valence-corrected chi connectivity index (χ1v) is 9.07. The van der Waals surface area contributed by atoms with E-state index in [2.05, 4.69) is 52.2 Å². The van der Waals surface area contributed by atoms with E-state index in [1.807, 2.05) is 24.0 Å². The molecule has 26 heavy (non-hydrogen) atoms. The number of aryl methyl sites for hydroxylation is 2. The number of nitrogens with two attached hydrogens (primary N) is 1. The molecule has 1 aliphatic heterocycles. The Morgan fingerprint density at radius 1 is 1.12 bits per heavy atom. The molecule has 1 saturated heterocycles. The number of nitrogens with zero attached hydrogens (tertiary/aromatic N) is 5. The van der Waals surface area contributed by atoms with Gasteiger partial charge in [-0.05, 0) is 44.9 Å². The van der Waals surface area contributed by atoms with Gasteiger partial charge >= 0.3 is 0 Å². The highest BCUT2D eigenvalue weighted by Crippen LogP contribution is 2.23. The maximum Gasteiger partial charge on any atom is 0.147 e. The van der Waals surface area contributed by atoms with E-state index in [1.165, 1.54) is 0 Å². The number of benzene rings is 1. The van der Waals surface area contributed by atoms with Crippen LogP contribution in [0.25, 0.3) is 16.9 Å². The molecule has 0 saturated carbocycles. The van der Waals surface area contributed by atoms with Crippen LogP contribution in [-0.2, 0) is 0 Å². The summed E-state index contributed by atoms with van der Waals surface area (Å²) in [5.41, 5.74) is 11.2. The lowest BCUT2D eigenvalue weighted by molar-refractivity contribution is 0.503. The van der Waals surface area contributed by atoms with Crippen LogP contribution in [-0.4, -0.2) is 38.9 Å². The molecule has 2 aromatic heterocycles. The molecule has 6 nitrogen and oxygen atoms in total. The minimum atomic E-state index is 0.217. The Kier molecular flexibility index (Phi) is 4.42. The van der Waals surface area contributed by atoms with Crippen LogP contribution >= 0.6 is 0 Å². The summed E-state index contributed by atoms with van der Waals surface area (Å²) in [5, 5.41) is 4.54. The first-order valence-electron chi connectivity index (χ1n) is 9.07. The monoisotopic (exact) mass is 348 g/mol. The number of hydrogen-bond donors (Lipinski definition) is 1. The molecule has 2 N–H and O–H groups in total. The molecule has 0 bridgehead atoms. The Morgan fingerprint density at radius 2 is 1.92 bits per heavy atom. The van der Waals surface area contributed by atoms with Crippen LogP contribution in [0.15, 0.2) is 42.7 Å². The zero-order valence-corrected chi connectivity index (χ0v) is 15.3. The lowest BCUT2D eigenvalue weighted by Gasteiger charge is -2.31. The van der Waals surface area contributed by atoms with Crippen molar-refractivity contribution in [2.45, 2.75) is 32.7 Å². The number of piperidine rings is 1. The zero-order chi connectivity index (χ0) is 18.1. The fourth-order valence-corrected chi connectivity index (χ4v) is 3.53. The van der Waals surface area contributed by atoms with E-state index in [0.29, 0.717) is 0 Å². The van der Waals surface area contributed by atoms with E-state index in [0.717, 1.165) is 60.1 Å². The summed E-state index contributed by atoms with van der Waals surface area (Å²) in [6, 6.07) is 10.6. The van der Waals surface area contributed by atoms with Gasteiger partial charge in [-0.3, -0.25) is 4.98 Å². The standard InChI is InChI=1S/C20H24N6/c1-14-10-15(2)26(24-14)18-7-5-16(6-8-18)19-11-22-12-20(23-19)25-9-3-4-17(21)13-25/h5-8,10-12,17H,3-4,9,13,21H2,1-2H3. The van der Waals surface area contributed by atoms with E-state index in [9.17, 15) is 0 Å². The van der Waals surface area contributed by atoms with E-state index >= 15 is 0 Å². The molecule has 1 fully saturated rings. The van der Waals surface area contributed by atoms with E-state index < -0.39 is 0 Å². The van der Waals surface area contributed by atoms with Crippen LogP contribution in [0.1, 0.15) is 24.2 Å². The summed E-state index contributed by atoms with van der Waals surface area (Å²) in [7, 11) is 0. The second-order valence-electron chi connectivity index (χ2n) is 7.00. The molecule has 3 heterocycles. The van der Waals surface area contributed by atoms with Crippen molar-refractivity contribution in [1.82, 2.24) is 19.7 Å². The predicted molar refractivity (Wildman–Crippen MR) is 103 cm³/mol. The average Bonchev–Trinajstić information content (AvgIpc) is 3.00. The van der Waals surface area contributed by atoms with Gasteiger partial charge in [0.15, 0.2) is 0 Å². The number of hydrogen-bond acceptors (Lipinski definition) is 5. The van der Waals surface area contributed by atoms with Crippen molar-refractivity contribution in [1.29, 1.82) is 0 Å². The zero-order valence-electron chi connectivity index (χ0n) is 15.3. The Hall–Kier alpha value is -2.73. The van der Waals surface area contributed by atoms with Crippen molar-refractivity contribution in [2.75, 3.05) is 18.0 Å². The molecule has 3 aromatic rings. The molecule has 134 valence electrons. The van der Waals surface area contributed by atoms with Crippen molar-refractivity contribution in [3.8, 4) is 16.9 Å². The maximum absolute atomic E-state index is 6.10. The van der Waals surface area contributed by atoms with Crippen LogP contribution in [0.4, 0.5) is 5.82 Å². The molecule has 1 aliphatic rings. The number of anilines is 1. The molecule has 1 unspecified atom stereocenters. The van der Waals surface area contributed by atoms with E-state index in [1.54, 1.807) is 0 Å². The third kappa shape index (κ3) is 3.32. The van der Waals surface area contributed by atoms with Crippen LogP contribution in [0.2, 0.25) is 0 Å². The van der Waals surface area contributed by atoms with Gasteiger partial charge in [-0.1, -0.05) is 12.1 Å². The normalized spacial score (nSPS) is 17.5. The van der Waals surface area contributed by atoms with Crippen molar-refractivity contribution in [2.24, 2.45) is 5.73 Å². The Labute approximate surface area is 153 Å². The Balaban J connectivity index is 1.60. The number of rotatable bonds is 3. The highest BCUT2D eigenvalue weighted by molar-refractivity contribution is 5.62. The molecule has 0 spiro atoms. The van der Waals surface area contributed by atoms with Crippen molar-refractivity contribution < 1.29 is 0 Å². The van der Waals surface area contributed by atoms with Gasteiger partial charge in [0.1, 0.15) is 5.82 Å². The lowest BCUT2D eigenvalue weighted by atomic mass is 10.1. The van der Waals surface area contributed by atoms with Crippen molar-refractivity contribution in [3.05, 3.63) is 54.1 Å². The van der Waals surface area contributed by atoms with Gasteiger partial charge in [0, 0.05) is 30.4 Å². The molecule has 0 aliphatic carbocycles. The second kappa shape index (κ2) is 6.88. The molecule has 4 rings (SSSR count). The van der Waals surface area contributed by atoms with Gasteiger partial charge < -0.3 is 10.6 Å².